The number of halogens is 2. The van der Waals surface area contributed by atoms with Crippen LogP contribution in [0.15, 0.2) is 54.7 Å². The van der Waals surface area contributed by atoms with Crippen LogP contribution < -0.4 is 15.8 Å². The van der Waals surface area contributed by atoms with Gasteiger partial charge in [0.1, 0.15) is 18.1 Å². The lowest BCUT2D eigenvalue weighted by Gasteiger charge is -2.26. The molecule has 0 radical (unpaired) electrons. The van der Waals surface area contributed by atoms with Crippen LogP contribution in [-0.4, -0.2) is 22.8 Å². The van der Waals surface area contributed by atoms with Gasteiger partial charge in [0.2, 0.25) is 0 Å². The van der Waals surface area contributed by atoms with Crippen molar-refractivity contribution in [2.75, 3.05) is 0 Å². The van der Waals surface area contributed by atoms with Crippen LogP contribution in [0.4, 0.5) is 0 Å². The van der Waals surface area contributed by atoms with Crippen LogP contribution in [0.25, 0.3) is 0 Å². The number of benzene rings is 2. The molecule has 2 aromatic carbocycles. The predicted octanol–water partition coefficient (Wildman–Crippen LogP) is 4.35. The summed E-state index contributed by atoms with van der Waals surface area (Å²) in [6.45, 7) is 0.289. The highest BCUT2D eigenvalue weighted by Crippen LogP contribution is 2.27. The SMILES string of the molecule is NC(=O)c1cc(COc2ccc3c(c2)CC(NC(=O)c2cc(Cl)cc(Cl)c2)CC3)ccn1. The molecular formula is C24H21Cl2N3O3. The normalized spacial score (nSPS) is 15.0. The molecule has 0 saturated carbocycles. The van der Waals surface area contributed by atoms with Crippen molar-refractivity contribution in [2.24, 2.45) is 5.73 Å². The summed E-state index contributed by atoms with van der Waals surface area (Å²) in [5, 5.41) is 3.93. The molecule has 3 N–H and O–H groups in total. The maximum absolute atomic E-state index is 12.6. The average Bonchev–Trinajstić information content (AvgIpc) is 2.77. The third-order valence-corrected chi connectivity index (χ3v) is 5.78. The lowest BCUT2D eigenvalue weighted by atomic mass is 9.88. The van der Waals surface area contributed by atoms with Crippen molar-refractivity contribution >= 4 is 35.0 Å². The van der Waals surface area contributed by atoms with E-state index in [-0.39, 0.29) is 24.2 Å². The zero-order valence-electron chi connectivity index (χ0n) is 17.1. The molecule has 0 aliphatic heterocycles. The Hall–Kier alpha value is -3.09. The van der Waals surface area contributed by atoms with Crippen LogP contribution in [0.1, 0.15) is 44.0 Å². The lowest BCUT2D eigenvalue weighted by Crippen LogP contribution is -2.38. The number of nitrogens with two attached hydrogens (primary N) is 1. The van der Waals surface area contributed by atoms with Gasteiger partial charge in [-0.2, -0.15) is 0 Å². The first-order chi connectivity index (χ1) is 15.4. The van der Waals surface area contributed by atoms with E-state index < -0.39 is 5.91 Å². The van der Waals surface area contributed by atoms with E-state index in [1.807, 2.05) is 12.1 Å². The van der Waals surface area contributed by atoms with E-state index in [1.54, 1.807) is 30.3 Å². The molecule has 3 aromatic rings. The number of nitrogens with zero attached hydrogens (tertiary/aromatic N) is 1. The Balaban J connectivity index is 1.41. The number of primary amides is 1. The fraction of sp³-hybridized carbons (Fsp3) is 0.208. The fourth-order valence-corrected chi connectivity index (χ4v) is 4.29. The topological polar surface area (TPSA) is 94.3 Å². The molecule has 1 aliphatic rings. The summed E-state index contributed by atoms with van der Waals surface area (Å²) < 4.78 is 5.91. The largest absolute Gasteiger partial charge is 0.489 e. The number of aryl methyl sites for hydroxylation is 1. The van der Waals surface area contributed by atoms with Crippen LogP contribution in [0.5, 0.6) is 5.75 Å². The second kappa shape index (κ2) is 9.59. The summed E-state index contributed by atoms with van der Waals surface area (Å²) in [7, 11) is 0. The van der Waals surface area contributed by atoms with Gasteiger partial charge in [0, 0.05) is 27.8 Å². The highest BCUT2D eigenvalue weighted by atomic mass is 35.5. The van der Waals surface area contributed by atoms with Gasteiger partial charge in [-0.05, 0) is 78.4 Å². The Morgan fingerprint density at radius 1 is 1.06 bits per heavy atom. The fourth-order valence-electron chi connectivity index (χ4n) is 3.77. The Morgan fingerprint density at radius 3 is 2.59 bits per heavy atom. The van der Waals surface area contributed by atoms with Gasteiger partial charge >= 0.3 is 0 Å². The second-order valence-electron chi connectivity index (χ2n) is 7.70. The predicted molar refractivity (Wildman–Crippen MR) is 123 cm³/mol. The summed E-state index contributed by atoms with van der Waals surface area (Å²) in [4.78, 5) is 27.9. The molecule has 32 heavy (non-hydrogen) atoms. The smallest absolute Gasteiger partial charge is 0.267 e. The molecule has 0 saturated heterocycles. The van der Waals surface area contributed by atoms with E-state index in [4.69, 9.17) is 33.7 Å². The number of pyridine rings is 1. The van der Waals surface area contributed by atoms with Gasteiger partial charge in [-0.1, -0.05) is 29.3 Å². The highest BCUT2D eigenvalue weighted by molar-refractivity contribution is 6.35. The van der Waals surface area contributed by atoms with Crippen LogP contribution in [-0.2, 0) is 19.4 Å². The number of carbonyl (C=O) groups is 2. The molecule has 6 nitrogen and oxygen atoms in total. The Bertz CT molecular complexity index is 1160. The van der Waals surface area contributed by atoms with Gasteiger partial charge in [-0.15, -0.1) is 0 Å². The summed E-state index contributed by atoms with van der Waals surface area (Å²) in [6.07, 6.45) is 3.95. The third-order valence-electron chi connectivity index (χ3n) is 5.35. The molecule has 1 heterocycles. The average molecular weight is 470 g/mol. The van der Waals surface area contributed by atoms with Crippen molar-refractivity contribution in [3.05, 3.63) is 92.7 Å². The van der Waals surface area contributed by atoms with Gasteiger partial charge in [0.15, 0.2) is 0 Å². The van der Waals surface area contributed by atoms with Crippen molar-refractivity contribution in [2.45, 2.75) is 31.9 Å². The molecule has 0 bridgehead atoms. The summed E-state index contributed by atoms with van der Waals surface area (Å²) in [5.41, 5.74) is 9.11. The number of hydrogen-bond acceptors (Lipinski definition) is 4. The van der Waals surface area contributed by atoms with Gasteiger partial charge in [-0.3, -0.25) is 14.6 Å². The molecular weight excluding hydrogens is 449 g/mol. The molecule has 4 rings (SSSR count). The van der Waals surface area contributed by atoms with Crippen LogP contribution in [0.2, 0.25) is 10.0 Å². The van der Waals surface area contributed by atoms with Crippen molar-refractivity contribution in [1.82, 2.24) is 10.3 Å². The number of amides is 2. The molecule has 1 aliphatic carbocycles. The first kappa shape index (κ1) is 22.1. The molecule has 1 aromatic heterocycles. The Labute approximate surface area is 195 Å². The zero-order valence-corrected chi connectivity index (χ0v) is 18.6. The minimum Gasteiger partial charge on any atom is -0.489 e. The van der Waals surface area contributed by atoms with Crippen LogP contribution in [0.3, 0.4) is 0 Å². The molecule has 1 unspecified atom stereocenters. The molecule has 0 fully saturated rings. The number of rotatable bonds is 6. The Morgan fingerprint density at radius 2 is 1.84 bits per heavy atom. The van der Waals surface area contributed by atoms with Crippen molar-refractivity contribution in [3.8, 4) is 5.75 Å². The third kappa shape index (κ3) is 5.39. The minimum absolute atomic E-state index is 0.00123. The quantitative estimate of drug-likeness (QED) is 0.560. The summed E-state index contributed by atoms with van der Waals surface area (Å²) in [6, 6.07) is 14.2. The standard InChI is InChI=1S/C24H21Cl2N3O3/c25-18-8-17(9-19(26)12-18)24(31)29-20-3-1-15-2-4-21(11-16(15)10-20)32-13-14-5-6-28-22(7-14)23(27)30/h2,4-9,11-12,20H,1,3,10,13H2,(H2,27,30)(H,29,31). The minimum atomic E-state index is -0.575. The molecule has 1 atom stereocenters. The van der Waals surface area contributed by atoms with E-state index in [0.29, 0.717) is 22.0 Å². The van der Waals surface area contributed by atoms with E-state index in [9.17, 15) is 9.59 Å². The van der Waals surface area contributed by atoms with Gasteiger partial charge in [-0.25, -0.2) is 0 Å². The molecule has 164 valence electrons. The van der Waals surface area contributed by atoms with E-state index in [1.165, 1.54) is 11.8 Å². The van der Waals surface area contributed by atoms with Crippen molar-refractivity contribution < 1.29 is 14.3 Å². The first-order valence-corrected chi connectivity index (χ1v) is 10.9. The van der Waals surface area contributed by atoms with Crippen LogP contribution >= 0.6 is 23.2 Å². The van der Waals surface area contributed by atoms with E-state index >= 15 is 0 Å². The number of ether oxygens (including phenoxy) is 1. The highest BCUT2D eigenvalue weighted by Gasteiger charge is 2.21. The van der Waals surface area contributed by atoms with Gasteiger partial charge in [0.25, 0.3) is 11.8 Å². The molecule has 2 amide bonds. The second-order valence-corrected chi connectivity index (χ2v) is 8.58. The summed E-state index contributed by atoms with van der Waals surface area (Å²) >= 11 is 12.0. The molecule has 8 heteroatoms. The molecule has 0 spiro atoms. The number of nitrogens with one attached hydrogen (secondary N) is 1. The zero-order chi connectivity index (χ0) is 22.7. The van der Waals surface area contributed by atoms with Gasteiger partial charge in [0.05, 0.1) is 0 Å². The maximum atomic E-state index is 12.6. The van der Waals surface area contributed by atoms with Crippen molar-refractivity contribution in [3.63, 3.8) is 0 Å². The lowest BCUT2D eigenvalue weighted by molar-refractivity contribution is 0.0932. The first-order valence-electron chi connectivity index (χ1n) is 10.1. The number of hydrogen-bond donors (Lipinski definition) is 2. The summed E-state index contributed by atoms with van der Waals surface area (Å²) in [5.74, 6) is -0.0539. The Kier molecular flexibility index (Phi) is 6.63. The van der Waals surface area contributed by atoms with Gasteiger partial charge < -0.3 is 15.8 Å². The van der Waals surface area contributed by atoms with E-state index in [0.717, 1.165) is 29.7 Å². The van der Waals surface area contributed by atoms with Crippen molar-refractivity contribution in [1.29, 1.82) is 0 Å². The number of carbonyl (C=O) groups excluding carboxylic acids is 2. The monoisotopic (exact) mass is 469 g/mol. The van der Waals surface area contributed by atoms with Crippen LogP contribution in [0, 0.1) is 0 Å². The number of aromatic nitrogens is 1. The van der Waals surface area contributed by atoms with E-state index in [2.05, 4.69) is 16.4 Å². The number of fused-ring (bicyclic) bond motifs is 1. The maximum Gasteiger partial charge on any atom is 0.267 e.